The largest absolute Gasteiger partial charge is 0.473 e. The van der Waals surface area contributed by atoms with Crippen molar-refractivity contribution in [1.29, 1.82) is 0 Å². The first-order valence-corrected chi connectivity index (χ1v) is 8.18. The molecule has 122 valence electrons. The number of hydrogen-bond acceptors (Lipinski definition) is 2. The predicted molar refractivity (Wildman–Crippen MR) is 97.2 cm³/mol. The minimum absolute atomic E-state index is 0.118. The number of amides is 2. The zero-order valence-corrected chi connectivity index (χ0v) is 15.4. The Morgan fingerprint density at radius 1 is 1.04 bits per heavy atom. The van der Waals surface area contributed by atoms with Crippen LogP contribution in [0.25, 0.3) is 0 Å². The van der Waals surface area contributed by atoms with Crippen LogP contribution in [0.2, 0.25) is 0 Å². The van der Waals surface area contributed by atoms with Gasteiger partial charge in [0.05, 0.1) is 0 Å². The van der Waals surface area contributed by atoms with Crippen LogP contribution in [0.4, 0.5) is 10.5 Å². The summed E-state index contributed by atoms with van der Waals surface area (Å²) in [6.07, 6.45) is 0. The number of hydrogen-bond donors (Lipinski definition) is 2. The SMILES string of the molecule is Cc1cc(NC(=O)NCOc2c(C)ccc(C)c2C)ccc1Br. The van der Waals surface area contributed by atoms with E-state index in [1.54, 1.807) is 0 Å². The highest BCUT2D eigenvalue weighted by molar-refractivity contribution is 9.10. The van der Waals surface area contributed by atoms with E-state index in [2.05, 4.69) is 32.6 Å². The average Bonchev–Trinajstić information content (AvgIpc) is 2.50. The Morgan fingerprint density at radius 2 is 1.74 bits per heavy atom. The number of carbonyl (C=O) groups is 1. The van der Waals surface area contributed by atoms with Gasteiger partial charge in [-0.15, -0.1) is 0 Å². The van der Waals surface area contributed by atoms with Gasteiger partial charge in [0.25, 0.3) is 0 Å². The maximum atomic E-state index is 11.9. The summed E-state index contributed by atoms with van der Waals surface area (Å²) in [6.45, 7) is 8.14. The zero-order chi connectivity index (χ0) is 17.0. The van der Waals surface area contributed by atoms with Crippen LogP contribution in [0.3, 0.4) is 0 Å². The second kappa shape index (κ2) is 7.51. The summed E-state index contributed by atoms with van der Waals surface area (Å²) >= 11 is 3.43. The monoisotopic (exact) mass is 376 g/mol. The number of halogens is 1. The van der Waals surface area contributed by atoms with Gasteiger partial charge in [-0.3, -0.25) is 0 Å². The average molecular weight is 377 g/mol. The highest BCUT2D eigenvalue weighted by Gasteiger charge is 2.07. The Kier molecular flexibility index (Phi) is 5.66. The van der Waals surface area contributed by atoms with Crippen molar-refractivity contribution in [3.63, 3.8) is 0 Å². The molecule has 0 saturated heterocycles. The van der Waals surface area contributed by atoms with Gasteiger partial charge in [0, 0.05) is 10.2 Å². The van der Waals surface area contributed by atoms with Gasteiger partial charge in [0.15, 0.2) is 6.73 Å². The van der Waals surface area contributed by atoms with E-state index in [9.17, 15) is 4.79 Å². The number of nitrogens with one attached hydrogen (secondary N) is 2. The van der Waals surface area contributed by atoms with Crippen LogP contribution in [0.15, 0.2) is 34.8 Å². The summed E-state index contributed by atoms with van der Waals surface area (Å²) in [7, 11) is 0. The second-order valence-electron chi connectivity index (χ2n) is 5.54. The Bertz CT molecular complexity index is 729. The molecule has 0 aliphatic rings. The molecule has 23 heavy (non-hydrogen) atoms. The topological polar surface area (TPSA) is 50.4 Å². The maximum absolute atomic E-state index is 11.9. The third-order valence-corrected chi connectivity index (χ3v) is 4.63. The lowest BCUT2D eigenvalue weighted by atomic mass is 10.1. The van der Waals surface area contributed by atoms with Crippen molar-refractivity contribution in [3.8, 4) is 5.75 Å². The fourth-order valence-electron chi connectivity index (χ4n) is 2.22. The van der Waals surface area contributed by atoms with E-state index >= 15 is 0 Å². The number of rotatable bonds is 4. The normalized spacial score (nSPS) is 10.3. The molecule has 0 aliphatic carbocycles. The molecule has 2 N–H and O–H groups in total. The van der Waals surface area contributed by atoms with Crippen molar-refractivity contribution in [1.82, 2.24) is 5.32 Å². The number of benzene rings is 2. The quantitative estimate of drug-likeness (QED) is 0.749. The molecule has 5 heteroatoms. The van der Waals surface area contributed by atoms with Crippen LogP contribution in [0.1, 0.15) is 22.3 Å². The van der Waals surface area contributed by atoms with Crippen molar-refractivity contribution < 1.29 is 9.53 Å². The predicted octanol–water partition coefficient (Wildman–Crippen LogP) is 4.84. The Morgan fingerprint density at radius 3 is 2.43 bits per heavy atom. The van der Waals surface area contributed by atoms with Crippen LogP contribution in [0.5, 0.6) is 5.75 Å². The molecular formula is C18H21BrN2O2. The molecule has 0 spiro atoms. The van der Waals surface area contributed by atoms with E-state index in [0.717, 1.165) is 32.6 Å². The second-order valence-corrected chi connectivity index (χ2v) is 6.39. The van der Waals surface area contributed by atoms with Crippen molar-refractivity contribution >= 4 is 27.6 Å². The van der Waals surface area contributed by atoms with Gasteiger partial charge >= 0.3 is 6.03 Å². The van der Waals surface area contributed by atoms with Gasteiger partial charge < -0.3 is 15.4 Å². The van der Waals surface area contributed by atoms with Gasteiger partial charge in [-0.25, -0.2) is 4.79 Å². The molecule has 0 saturated carbocycles. The van der Waals surface area contributed by atoms with Gasteiger partial charge in [0.1, 0.15) is 5.75 Å². The van der Waals surface area contributed by atoms with Crippen molar-refractivity contribution in [2.75, 3.05) is 12.0 Å². The lowest BCUT2D eigenvalue weighted by Crippen LogP contribution is -2.32. The lowest BCUT2D eigenvalue weighted by molar-refractivity contribution is 0.234. The van der Waals surface area contributed by atoms with Crippen LogP contribution >= 0.6 is 15.9 Å². The third-order valence-electron chi connectivity index (χ3n) is 3.74. The standard InChI is InChI=1S/C18H21BrN2O2/c1-11-5-6-12(2)17(14(11)4)23-10-20-18(22)21-15-7-8-16(19)13(3)9-15/h5-9H,10H2,1-4H3,(H2,20,21,22). The molecule has 0 aromatic heterocycles. The molecule has 0 heterocycles. The number of carbonyl (C=O) groups excluding carboxylic acids is 1. The molecule has 4 nitrogen and oxygen atoms in total. The fraction of sp³-hybridized carbons (Fsp3) is 0.278. The molecule has 0 aliphatic heterocycles. The summed E-state index contributed by atoms with van der Waals surface area (Å²) in [5, 5.41) is 5.49. The highest BCUT2D eigenvalue weighted by Crippen LogP contribution is 2.25. The summed E-state index contributed by atoms with van der Waals surface area (Å²) in [6, 6.07) is 9.43. The van der Waals surface area contributed by atoms with Crippen LogP contribution in [-0.2, 0) is 0 Å². The Hall–Kier alpha value is -2.01. The number of urea groups is 1. The van der Waals surface area contributed by atoms with Gasteiger partial charge in [0.2, 0.25) is 0 Å². The van der Waals surface area contributed by atoms with Crippen LogP contribution < -0.4 is 15.4 Å². The molecule has 0 bridgehead atoms. The molecule has 0 fully saturated rings. The summed E-state index contributed by atoms with van der Waals surface area (Å²) in [5.74, 6) is 0.824. The zero-order valence-electron chi connectivity index (χ0n) is 13.8. The number of anilines is 1. The van der Waals surface area contributed by atoms with Gasteiger partial charge in [-0.1, -0.05) is 28.1 Å². The van der Waals surface area contributed by atoms with Crippen molar-refractivity contribution in [3.05, 3.63) is 57.1 Å². The first kappa shape index (κ1) is 17.3. The molecule has 2 amide bonds. The summed E-state index contributed by atoms with van der Waals surface area (Å²) in [5.41, 5.74) is 5.12. The van der Waals surface area contributed by atoms with Crippen molar-refractivity contribution in [2.45, 2.75) is 27.7 Å². The molecule has 2 rings (SSSR count). The number of ether oxygens (including phenoxy) is 1. The van der Waals surface area contributed by atoms with E-state index < -0.39 is 0 Å². The van der Waals surface area contributed by atoms with E-state index in [0.29, 0.717) is 0 Å². The van der Waals surface area contributed by atoms with Crippen molar-refractivity contribution in [2.24, 2.45) is 0 Å². The van der Waals surface area contributed by atoms with Gasteiger partial charge in [-0.2, -0.15) is 0 Å². The van der Waals surface area contributed by atoms with E-state index in [1.807, 2.05) is 52.0 Å². The van der Waals surface area contributed by atoms with Crippen LogP contribution in [-0.4, -0.2) is 12.8 Å². The fourth-order valence-corrected chi connectivity index (χ4v) is 2.47. The molecule has 0 radical (unpaired) electrons. The Labute approximate surface area is 145 Å². The molecular weight excluding hydrogens is 356 g/mol. The third kappa shape index (κ3) is 4.48. The minimum atomic E-state index is -0.297. The number of aryl methyl sites for hydroxylation is 3. The van der Waals surface area contributed by atoms with E-state index in [1.165, 1.54) is 5.56 Å². The minimum Gasteiger partial charge on any atom is -0.473 e. The highest BCUT2D eigenvalue weighted by atomic mass is 79.9. The maximum Gasteiger partial charge on any atom is 0.321 e. The smallest absolute Gasteiger partial charge is 0.321 e. The Balaban J connectivity index is 1.90. The molecule has 0 atom stereocenters. The molecule has 2 aromatic carbocycles. The van der Waals surface area contributed by atoms with E-state index in [4.69, 9.17) is 4.74 Å². The molecule has 0 unspecified atom stereocenters. The van der Waals surface area contributed by atoms with E-state index in [-0.39, 0.29) is 12.8 Å². The lowest BCUT2D eigenvalue weighted by Gasteiger charge is -2.15. The van der Waals surface area contributed by atoms with Gasteiger partial charge in [-0.05, 0) is 68.1 Å². The summed E-state index contributed by atoms with van der Waals surface area (Å²) in [4.78, 5) is 11.9. The molecule has 2 aromatic rings. The summed E-state index contributed by atoms with van der Waals surface area (Å²) < 4.78 is 6.73. The van der Waals surface area contributed by atoms with Crippen LogP contribution in [0, 0.1) is 27.7 Å². The first-order chi connectivity index (χ1) is 10.9. The first-order valence-electron chi connectivity index (χ1n) is 7.39.